The number of halogens is 1. The maximum atomic E-state index is 11.0. The number of amides is 1. The smallest absolute Gasteiger partial charge is 0.221 e. The third-order valence-electron chi connectivity index (χ3n) is 2.79. The van der Waals surface area contributed by atoms with Crippen molar-refractivity contribution in [1.82, 2.24) is 4.90 Å². The second-order valence-electron chi connectivity index (χ2n) is 3.97. The third kappa shape index (κ3) is 3.00. The number of carbonyl (C=O) groups is 1. The molecular formula is C10H17ClN2O. The Morgan fingerprint density at radius 1 is 1.64 bits per heavy atom. The Balaban J connectivity index is 2.55. The lowest BCUT2D eigenvalue weighted by molar-refractivity contribution is -0.123. The van der Waals surface area contributed by atoms with Crippen LogP contribution in [0.5, 0.6) is 0 Å². The summed E-state index contributed by atoms with van der Waals surface area (Å²) in [4.78, 5) is 13.2. The fraction of sp³-hybridized carbons (Fsp3) is 0.700. The fourth-order valence-corrected chi connectivity index (χ4v) is 2.01. The van der Waals surface area contributed by atoms with E-state index in [0.29, 0.717) is 24.2 Å². The molecule has 80 valence electrons. The molecule has 0 spiro atoms. The van der Waals surface area contributed by atoms with Crippen LogP contribution in [0.1, 0.15) is 19.8 Å². The molecule has 0 aromatic heterocycles. The van der Waals surface area contributed by atoms with Crippen LogP contribution in [-0.4, -0.2) is 29.9 Å². The van der Waals surface area contributed by atoms with Gasteiger partial charge in [-0.1, -0.05) is 18.2 Å². The van der Waals surface area contributed by atoms with Gasteiger partial charge in [-0.05, 0) is 19.8 Å². The fourth-order valence-electron chi connectivity index (χ4n) is 1.85. The van der Waals surface area contributed by atoms with Crippen molar-refractivity contribution in [3.63, 3.8) is 0 Å². The van der Waals surface area contributed by atoms with Gasteiger partial charge in [-0.3, -0.25) is 9.69 Å². The molecule has 0 aromatic carbocycles. The summed E-state index contributed by atoms with van der Waals surface area (Å²) in [5, 5.41) is 0.613. The number of nitrogens with zero attached hydrogens (tertiary/aromatic N) is 1. The van der Waals surface area contributed by atoms with Gasteiger partial charge in [0.05, 0.1) is 5.92 Å². The van der Waals surface area contributed by atoms with Gasteiger partial charge >= 0.3 is 0 Å². The molecule has 1 aliphatic rings. The van der Waals surface area contributed by atoms with Gasteiger partial charge in [-0.15, -0.1) is 0 Å². The van der Waals surface area contributed by atoms with Crippen molar-refractivity contribution in [2.24, 2.45) is 11.7 Å². The van der Waals surface area contributed by atoms with Crippen molar-refractivity contribution in [1.29, 1.82) is 0 Å². The summed E-state index contributed by atoms with van der Waals surface area (Å²) in [6, 6.07) is 0.459. The number of primary amides is 1. The number of piperidine rings is 1. The van der Waals surface area contributed by atoms with Crippen LogP contribution in [0, 0.1) is 5.92 Å². The van der Waals surface area contributed by atoms with Crippen LogP contribution in [0.4, 0.5) is 0 Å². The van der Waals surface area contributed by atoms with Crippen molar-refractivity contribution in [2.75, 3.05) is 13.1 Å². The van der Waals surface area contributed by atoms with Crippen molar-refractivity contribution < 1.29 is 4.79 Å². The summed E-state index contributed by atoms with van der Waals surface area (Å²) >= 11 is 5.75. The van der Waals surface area contributed by atoms with Crippen molar-refractivity contribution >= 4 is 17.5 Å². The molecule has 1 aliphatic heterocycles. The molecule has 0 bridgehead atoms. The normalized spacial score (nSPS) is 28.7. The van der Waals surface area contributed by atoms with Crippen LogP contribution in [0.3, 0.4) is 0 Å². The molecule has 0 aliphatic carbocycles. The summed E-state index contributed by atoms with van der Waals surface area (Å²) < 4.78 is 0. The molecule has 1 rings (SSSR count). The summed E-state index contributed by atoms with van der Waals surface area (Å²) in [5.74, 6) is -0.232. The Hall–Kier alpha value is -0.540. The third-order valence-corrected chi connectivity index (χ3v) is 2.91. The molecule has 14 heavy (non-hydrogen) atoms. The Kier molecular flexibility index (Phi) is 3.96. The van der Waals surface area contributed by atoms with E-state index >= 15 is 0 Å². The molecule has 0 unspecified atom stereocenters. The minimum atomic E-state index is -0.206. The van der Waals surface area contributed by atoms with E-state index in [1.807, 2.05) is 0 Å². The lowest BCUT2D eigenvalue weighted by atomic mass is 9.93. The quantitative estimate of drug-likeness (QED) is 0.774. The molecule has 1 amide bonds. The molecule has 1 saturated heterocycles. The Morgan fingerprint density at radius 2 is 2.29 bits per heavy atom. The van der Waals surface area contributed by atoms with E-state index in [1.54, 1.807) is 0 Å². The maximum absolute atomic E-state index is 11.0. The first-order chi connectivity index (χ1) is 6.50. The van der Waals surface area contributed by atoms with Gasteiger partial charge in [0, 0.05) is 24.2 Å². The van der Waals surface area contributed by atoms with Crippen LogP contribution in [0.25, 0.3) is 0 Å². The van der Waals surface area contributed by atoms with Crippen LogP contribution < -0.4 is 5.73 Å². The monoisotopic (exact) mass is 216 g/mol. The van der Waals surface area contributed by atoms with Gasteiger partial charge in [-0.2, -0.15) is 0 Å². The van der Waals surface area contributed by atoms with E-state index in [2.05, 4.69) is 18.4 Å². The maximum Gasteiger partial charge on any atom is 0.221 e. The molecule has 2 atom stereocenters. The molecule has 0 saturated carbocycles. The highest BCUT2D eigenvalue weighted by Gasteiger charge is 2.28. The molecule has 4 heteroatoms. The first-order valence-corrected chi connectivity index (χ1v) is 5.25. The molecule has 1 heterocycles. The first-order valence-electron chi connectivity index (χ1n) is 4.87. The number of carbonyl (C=O) groups excluding carboxylic acids is 1. The number of rotatable bonds is 3. The average Bonchev–Trinajstić information content (AvgIpc) is 2.07. The molecule has 0 radical (unpaired) electrons. The van der Waals surface area contributed by atoms with Crippen LogP contribution in [-0.2, 0) is 4.79 Å². The number of hydrogen-bond acceptors (Lipinski definition) is 2. The molecule has 2 N–H and O–H groups in total. The Labute approximate surface area is 89.9 Å². The minimum Gasteiger partial charge on any atom is -0.369 e. The lowest BCUT2D eigenvalue weighted by Crippen LogP contribution is -2.46. The summed E-state index contributed by atoms with van der Waals surface area (Å²) in [6.45, 7) is 7.15. The zero-order valence-electron chi connectivity index (χ0n) is 8.50. The SMILES string of the molecule is C=C(Cl)CN1C[C@@H](C(N)=O)CC[C@@H]1C. The first kappa shape index (κ1) is 11.5. The summed E-state index contributed by atoms with van der Waals surface area (Å²) in [7, 11) is 0. The Morgan fingerprint density at radius 3 is 2.79 bits per heavy atom. The minimum absolute atomic E-state index is 0.0257. The van der Waals surface area contributed by atoms with E-state index in [0.717, 1.165) is 12.8 Å². The van der Waals surface area contributed by atoms with Crippen molar-refractivity contribution in [3.05, 3.63) is 11.6 Å². The van der Waals surface area contributed by atoms with Gasteiger partial charge in [0.15, 0.2) is 0 Å². The molecule has 3 nitrogen and oxygen atoms in total. The molecule has 0 aromatic rings. The highest BCUT2D eigenvalue weighted by molar-refractivity contribution is 6.29. The highest BCUT2D eigenvalue weighted by atomic mass is 35.5. The molecule has 1 fully saturated rings. The van der Waals surface area contributed by atoms with Crippen LogP contribution >= 0.6 is 11.6 Å². The highest BCUT2D eigenvalue weighted by Crippen LogP contribution is 2.22. The standard InChI is InChI=1S/C10H17ClN2O/c1-7(11)5-13-6-9(10(12)14)4-3-8(13)2/h8-9H,1,3-6H2,2H3,(H2,12,14)/t8-,9-/m0/s1. The van der Waals surface area contributed by atoms with Crippen LogP contribution in [0.15, 0.2) is 11.6 Å². The second-order valence-corrected chi connectivity index (χ2v) is 4.51. The van der Waals surface area contributed by atoms with Gasteiger partial charge in [0.1, 0.15) is 0 Å². The average molecular weight is 217 g/mol. The van der Waals surface area contributed by atoms with E-state index in [9.17, 15) is 4.79 Å². The van der Waals surface area contributed by atoms with Crippen LogP contribution in [0.2, 0.25) is 0 Å². The Bertz CT molecular complexity index is 242. The number of hydrogen-bond donors (Lipinski definition) is 1. The largest absolute Gasteiger partial charge is 0.369 e. The van der Waals surface area contributed by atoms with Gasteiger partial charge in [-0.25, -0.2) is 0 Å². The number of likely N-dealkylation sites (tertiary alicyclic amines) is 1. The zero-order valence-corrected chi connectivity index (χ0v) is 9.26. The predicted molar refractivity (Wildman–Crippen MR) is 57.9 cm³/mol. The van der Waals surface area contributed by atoms with E-state index < -0.39 is 0 Å². The van der Waals surface area contributed by atoms with Crippen molar-refractivity contribution in [2.45, 2.75) is 25.8 Å². The summed E-state index contributed by atoms with van der Waals surface area (Å²) in [5.41, 5.74) is 5.28. The summed E-state index contributed by atoms with van der Waals surface area (Å²) in [6.07, 6.45) is 1.89. The molecular weight excluding hydrogens is 200 g/mol. The van der Waals surface area contributed by atoms with E-state index in [-0.39, 0.29) is 11.8 Å². The van der Waals surface area contributed by atoms with Gasteiger partial charge in [0.25, 0.3) is 0 Å². The second kappa shape index (κ2) is 4.80. The topological polar surface area (TPSA) is 46.3 Å². The number of nitrogens with two attached hydrogens (primary N) is 1. The lowest BCUT2D eigenvalue weighted by Gasteiger charge is -2.36. The van der Waals surface area contributed by atoms with Crippen molar-refractivity contribution in [3.8, 4) is 0 Å². The predicted octanol–water partition coefficient (Wildman–Crippen LogP) is 1.32. The van der Waals surface area contributed by atoms with E-state index in [1.165, 1.54) is 0 Å². The van der Waals surface area contributed by atoms with E-state index in [4.69, 9.17) is 17.3 Å². The van der Waals surface area contributed by atoms with Gasteiger partial charge < -0.3 is 5.73 Å². The zero-order chi connectivity index (χ0) is 10.7. The van der Waals surface area contributed by atoms with Gasteiger partial charge in [0.2, 0.25) is 5.91 Å².